The summed E-state index contributed by atoms with van der Waals surface area (Å²) in [6.07, 6.45) is -0.246. The summed E-state index contributed by atoms with van der Waals surface area (Å²) in [4.78, 5) is 0. The molecule has 1 atom stereocenters. The Morgan fingerprint density at radius 1 is 1.16 bits per heavy atom. The Hall–Kier alpha value is -1.46. The van der Waals surface area contributed by atoms with Gasteiger partial charge in [-0.05, 0) is 45.8 Å². The summed E-state index contributed by atoms with van der Waals surface area (Å²) in [6, 6.07) is 9.06. The fourth-order valence-electron chi connectivity index (χ4n) is 1.84. The molecule has 0 aliphatic rings. The molecule has 1 aromatic carbocycles. The van der Waals surface area contributed by atoms with Crippen molar-refractivity contribution in [2.45, 2.75) is 12.5 Å². The number of benzene rings is 1. The molecule has 0 saturated carbocycles. The second kappa shape index (κ2) is 6.12. The van der Waals surface area contributed by atoms with Crippen LogP contribution < -0.4 is 9.47 Å². The zero-order valence-electron chi connectivity index (χ0n) is 10.7. The van der Waals surface area contributed by atoms with Crippen LogP contribution in [0.5, 0.6) is 11.5 Å². The van der Waals surface area contributed by atoms with Crippen LogP contribution in [-0.4, -0.2) is 19.3 Å². The highest BCUT2D eigenvalue weighted by atomic mass is 79.9. The Kier molecular flexibility index (Phi) is 4.50. The Morgan fingerprint density at radius 3 is 2.47 bits per heavy atom. The lowest BCUT2D eigenvalue weighted by molar-refractivity contribution is 0.148. The molecule has 0 amide bonds. The van der Waals surface area contributed by atoms with Gasteiger partial charge in [-0.2, -0.15) is 0 Å². The molecule has 5 heteroatoms. The van der Waals surface area contributed by atoms with E-state index in [1.54, 1.807) is 26.4 Å². The quantitative estimate of drug-likeness (QED) is 0.915. The van der Waals surface area contributed by atoms with Crippen LogP contribution in [0.1, 0.15) is 17.4 Å². The predicted molar refractivity (Wildman–Crippen MR) is 74.6 cm³/mol. The van der Waals surface area contributed by atoms with Gasteiger partial charge in [0.05, 0.1) is 14.2 Å². The molecule has 2 aromatic rings. The summed E-state index contributed by atoms with van der Waals surface area (Å²) in [5.74, 6) is 1.84. The molecule has 0 aliphatic carbocycles. The predicted octanol–water partition coefficient (Wildman–Crippen LogP) is 3.34. The number of halogens is 1. The number of aliphatic hydroxyl groups is 1. The zero-order chi connectivity index (χ0) is 13.8. The number of aliphatic hydroxyl groups excluding tert-OH is 1. The molecular formula is C14H15BrO4. The van der Waals surface area contributed by atoms with Gasteiger partial charge in [-0.1, -0.05) is 6.07 Å². The van der Waals surface area contributed by atoms with Crippen molar-refractivity contribution in [3.05, 3.63) is 46.3 Å². The van der Waals surface area contributed by atoms with E-state index < -0.39 is 6.10 Å². The summed E-state index contributed by atoms with van der Waals surface area (Å²) >= 11 is 3.21. The van der Waals surface area contributed by atoms with Gasteiger partial charge >= 0.3 is 0 Å². The van der Waals surface area contributed by atoms with Gasteiger partial charge in [-0.15, -0.1) is 0 Å². The summed E-state index contributed by atoms with van der Waals surface area (Å²) in [7, 11) is 3.18. The van der Waals surface area contributed by atoms with Gasteiger partial charge in [0.2, 0.25) is 0 Å². The average Bonchev–Trinajstić information content (AvgIpc) is 2.85. The van der Waals surface area contributed by atoms with E-state index in [1.165, 1.54) is 0 Å². The minimum atomic E-state index is -0.690. The van der Waals surface area contributed by atoms with Gasteiger partial charge in [0, 0.05) is 6.42 Å². The summed E-state index contributed by atoms with van der Waals surface area (Å²) in [5, 5.41) is 10.1. The molecule has 1 heterocycles. The highest BCUT2D eigenvalue weighted by Gasteiger charge is 2.14. The minimum Gasteiger partial charge on any atom is -0.493 e. The van der Waals surface area contributed by atoms with Gasteiger partial charge in [0.1, 0.15) is 11.9 Å². The van der Waals surface area contributed by atoms with Crippen molar-refractivity contribution in [2.24, 2.45) is 0 Å². The van der Waals surface area contributed by atoms with Gasteiger partial charge in [0.15, 0.2) is 16.2 Å². The van der Waals surface area contributed by atoms with Crippen molar-refractivity contribution < 1.29 is 19.0 Å². The van der Waals surface area contributed by atoms with Crippen molar-refractivity contribution >= 4 is 15.9 Å². The molecule has 0 saturated heterocycles. The standard InChI is InChI=1S/C14H15BrO4/c1-17-12-4-3-9(8-13(12)18-2)7-10(16)11-5-6-14(15)19-11/h3-6,8,10,16H,7H2,1-2H3. The lowest BCUT2D eigenvalue weighted by Crippen LogP contribution is -2.01. The molecule has 0 spiro atoms. The fraction of sp³-hybridized carbons (Fsp3) is 0.286. The first-order chi connectivity index (χ1) is 9.13. The van der Waals surface area contributed by atoms with Crippen LogP contribution in [0.15, 0.2) is 39.4 Å². The van der Waals surface area contributed by atoms with Crippen molar-refractivity contribution in [2.75, 3.05) is 14.2 Å². The Morgan fingerprint density at radius 2 is 1.89 bits per heavy atom. The van der Waals surface area contributed by atoms with Crippen LogP contribution in [0.4, 0.5) is 0 Å². The molecule has 1 unspecified atom stereocenters. The maximum Gasteiger partial charge on any atom is 0.169 e. The van der Waals surface area contributed by atoms with E-state index in [2.05, 4.69) is 15.9 Å². The number of hydrogen-bond acceptors (Lipinski definition) is 4. The van der Waals surface area contributed by atoms with Crippen LogP contribution in [0, 0.1) is 0 Å². The highest BCUT2D eigenvalue weighted by molar-refractivity contribution is 9.10. The number of methoxy groups -OCH3 is 2. The number of rotatable bonds is 5. The normalized spacial score (nSPS) is 12.2. The van der Waals surface area contributed by atoms with E-state index in [9.17, 15) is 5.11 Å². The molecule has 0 bridgehead atoms. The van der Waals surface area contributed by atoms with Crippen LogP contribution in [0.2, 0.25) is 0 Å². The second-order valence-corrected chi connectivity index (χ2v) is 4.83. The van der Waals surface area contributed by atoms with E-state index in [4.69, 9.17) is 13.9 Å². The molecule has 0 aliphatic heterocycles. The van der Waals surface area contributed by atoms with Crippen molar-refractivity contribution in [3.8, 4) is 11.5 Å². The van der Waals surface area contributed by atoms with Gasteiger partial charge in [-0.25, -0.2) is 0 Å². The molecule has 102 valence electrons. The first-order valence-electron chi connectivity index (χ1n) is 5.78. The van der Waals surface area contributed by atoms with E-state index in [1.807, 2.05) is 18.2 Å². The van der Waals surface area contributed by atoms with E-state index in [0.29, 0.717) is 28.3 Å². The molecule has 0 fully saturated rings. The third kappa shape index (κ3) is 3.30. The highest BCUT2D eigenvalue weighted by Crippen LogP contribution is 2.30. The topological polar surface area (TPSA) is 51.8 Å². The summed E-state index contributed by atoms with van der Waals surface area (Å²) < 4.78 is 16.3. The second-order valence-electron chi connectivity index (χ2n) is 4.05. The first-order valence-corrected chi connectivity index (χ1v) is 6.57. The van der Waals surface area contributed by atoms with Gasteiger partial charge < -0.3 is 19.0 Å². The smallest absolute Gasteiger partial charge is 0.169 e. The monoisotopic (exact) mass is 326 g/mol. The summed E-state index contributed by atoms with van der Waals surface area (Å²) in [6.45, 7) is 0. The summed E-state index contributed by atoms with van der Waals surface area (Å²) in [5.41, 5.74) is 0.942. The van der Waals surface area contributed by atoms with Crippen molar-refractivity contribution in [3.63, 3.8) is 0 Å². The Bertz CT molecular complexity index is 550. The average molecular weight is 327 g/mol. The minimum absolute atomic E-state index is 0.445. The van der Waals surface area contributed by atoms with Crippen LogP contribution >= 0.6 is 15.9 Å². The first kappa shape index (κ1) is 14.0. The van der Waals surface area contributed by atoms with Crippen LogP contribution in [-0.2, 0) is 6.42 Å². The number of furan rings is 1. The number of hydrogen-bond donors (Lipinski definition) is 1. The Labute approximate surface area is 120 Å². The SMILES string of the molecule is COc1ccc(CC(O)c2ccc(Br)o2)cc1OC. The largest absolute Gasteiger partial charge is 0.493 e. The van der Waals surface area contributed by atoms with E-state index in [-0.39, 0.29) is 0 Å². The number of ether oxygens (including phenoxy) is 2. The maximum atomic E-state index is 10.1. The molecule has 2 rings (SSSR count). The third-order valence-electron chi connectivity index (χ3n) is 2.80. The lowest BCUT2D eigenvalue weighted by atomic mass is 10.1. The molecular weight excluding hydrogens is 312 g/mol. The van der Waals surface area contributed by atoms with Gasteiger partial charge in [-0.3, -0.25) is 0 Å². The Balaban J connectivity index is 2.14. The maximum absolute atomic E-state index is 10.1. The molecule has 0 radical (unpaired) electrons. The van der Waals surface area contributed by atoms with Crippen molar-refractivity contribution in [1.82, 2.24) is 0 Å². The van der Waals surface area contributed by atoms with Crippen LogP contribution in [0.25, 0.3) is 0 Å². The molecule has 1 N–H and O–H groups in total. The molecule has 4 nitrogen and oxygen atoms in total. The van der Waals surface area contributed by atoms with E-state index >= 15 is 0 Å². The molecule has 1 aromatic heterocycles. The molecule has 19 heavy (non-hydrogen) atoms. The lowest BCUT2D eigenvalue weighted by Gasteiger charge is -2.11. The van der Waals surface area contributed by atoms with Crippen LogP contribution in [0.3, 0.4) is 0 Å². The fourth-order valence-corrected chi connectivity index (χ4v) is 2.16. The zero-order valence-corrected chi connectivity index (χ0v) is 12.3. The third-order valence-corrected chi connectivity index (χ3v) is 3.23. The van der Waals surface area contributed by atoms with E-state index in [0.717, 1.165) is 5.56 Å². The van der Waals surface area contributed by atoms with Gasteiger partial charge in [0.25, 0.3) is 0 Å². The van der Waals surface area contributed by atoms with Crippen molar-refractivity contribution in [1.29, 1.82) is 0 Å².